The second-order valence-corrected chi connectivity index (χ2v) is 4.89. The normalized spacial score (nSPS) is 24.8. The molecular formula is C13H18FN3O. The van der Waals surface area contributed by atoms with Crippen LogP contribution in [0.15, 0.2) is 24.3 Å². The van der Waals surface area contributed by atoms with Crippen molar-refractivity contribution in [3.8, 4) is 0 Å². The number of anilines is 1. The van der Waals surface area contributed by atoms with E-state index >= 15 is 0 Å². The molecule has 1 unspecified atom stereocenters. The van der Waals surface area contributed by atoms with E-state index in [1.54, 1.807) is 18.2 Å². The zero-order valence-electron chi connectivity index (χ0n) is 10.4. The molecular weight excluding hydrogens is 233 g/mol. The summed E-state index contributed by atoms with van der Waals surface area (Å²) in [6.45, 7) is 1.42. The van der Waals surface area contributed by atoms with Gasteiger partial charge in [-0.25, -0.2) is 4.39 Å². The molecule has 18 heavy (non-hydrogen) atoms. The van der Waals surface area contributed by atoms with Crippen LogP contribution in [0.3, 0.4) is 0 Å². The monoisotopic (exact) mass is 251 g/mol. The number of hydrogen-bond donors (Lipinski definition) is 2. The first-order valence-corrected chi connectivity index (χ1v) is 6.05. The van der Waals surface area contributed by atoms with E-state index in [-0.39, 0.29) is 5.82 Å². The van der Waals surface area contributed by atoms with Gasteiger partial charge < -0.3 is 16.0 Å². The zero-order valence-corrected chi connectivity index (χ0v) is 10.4. The summed E-state index contributed by atoms with van der Waals surface area (Å²) in [6.07, 6.45) is 1.49. The van der Waals surface area contributed by atoms with Gasteiger partial charge >= 0.3 is 0 Å². The van der Waals surface area contributed by atoms with E-state index in [0.717, 1.165) is 13.0 Å². The van der Waals surface area contributed by atoms with Gasteiger partial charge in [-0.15, -0.1) is 0 Å². The number of benzene rings is 1. The second-order valence-electron chi connectivity index (χ2n) is 4.89. The molecule has 1 fully saturated rings. The van der Waals surface area contributed by atoms with E-state index in [4.69, 9.17) is 5.73 Å². The van der Waals surface area contributed by atoms with Crippen LogP contribution in [0.2, 0.25) is 0 Å². The van der Waals surface area contributed by atoms with Crippen molar-refractivity contribution in [2.24, 2.45) is 5.73 Å². The molecule has 0 radical (unpaired) electrons. The number of amides is 1. The van der Waals surface area contributed by atoms with Crippen LogP contribution in [0.5, 0.6) is 0 Å². The van der Waals surface area contributed by atoms with Gasteiger partial charge in [0.15, 0.2) is 0 Å². The number of carbonyl (C=O) groups excluding carboxylic acids is 1. The fourth-order valence-electron chi connectivity index (χ4n) is 2.45. The van der Waals surface area contributed by atoms with Crippen LogP contribution in [0.25, 0.3) is 0 Å². The quantitative estimate of drug-likeness (QED) is 0.848. The number of likely N-dealkylation sites (tertiary alicyclic amines) is 1. The Morgan fingerprint density at radius 1 is 1.50 bits per heavy atom. The number of primary amides is 1. The minimum atomic E-state index is -0.880. The lowest BCUT2D eigenvalue weighted by atomic mass is 9.88. The maximum Gasteiger partial charge on any atom is 0.244 e. The molecule has 1 amide bonds. The summed E-state index contributed by atoms with van der Waals surface area (Å²) in [6, 6.07) is 6.33. The molecule has 1 aromatic rings. The van der Waals surface area contributed by atoms with Crippen LogP contribution in [0, 0.1) is 5.82 Å². The largest absolute Gasteiger partial charge is 0.368 e. The van der Waals surface area contributed by atoms with Crippen molar-refractivity contribution in [1.29, 1.82) is 0 Å². The molecule has 0 aromatic heterocycles. The first-order valence-electron chi connectivity index (χ1n) is 6.05. The van der Waals surface area contributed by atoms with Crippen molar-refractivity contribution in [3.63, 3.8) is 0 Å². The van der Waals surface area contributed by atoms with E-state index in [9.17, 15) is 9.18 Å². The molecule has 4 nitrogen and oxygen atoms in total. The summed E-state index contributed by atoms with van der Waals surface area (Å²) in [5.74, 6) is -0.802. The molecule has 2 rings (SSSR count). The standard InChI is InChI=1S/C13H18FN3O/c1-17-8-4-7-13(9-17,12(15)18)16-11-6-3-2-5-10(11)14/h2-3,5-6,16H,4,7-9H2,1H3,(H2,15,18). The van der Waals surface area contributed by atoms with Crippen molar-refractivity contribution < 1.29 is 9.18 Å². The highest BCUT2D eigenvalue weighted by Crippen LogP contribution is 2.26. The highest BCUT2D eigenvalue weighted by atomic mass is 19.1. The Hall–Kier alpha value is -1.62. The van der Waals surface area contributed by atoms with Crippen molar-refractivity contribution in [1.82, 2.24) is 4.90 Å². The predicted octanol–water partition coefficient (Wildman–Crippen LogP) is 1.19. The SMILES string of the molecule is CN1CCCC(Nc2ccccc2F)(C(N)=O)C1. The Morgan fingerprint density at radius 3 is 2.83 bits per heavy atom. The van der Waals surface area contributed by atoms with Crippen LogP contribution in [0.4, 0.5) is 10.1 Å². The van der Waals surface area contributed by atoms with Crippen LogP contribution in [-0.2, 0) is 4.79 Å². The van der Waals surface area contributed by atoms with Gasteiger partial charge in [-0.2, -0.15) is 0 Å². The zero-order chi connectivity index (χ0) is 13.2. The van der Waals surface area contributed by atoms with Gasteiger partial charge in [0.1, 0.15) is 11.4 Å². The molecule has 98 valence electrons. The Kier molecular flexibility index (Phi) is 3.52. The summed E-state index contributed by atoms with van der Waals surface area (Å²) in [4.78, 5) is 13.8. The topological polar surface area (TPSA) is 58.4 Å². The predicted molar refractivity (Wildman–Crippen MR) is 68.7 cm³/mol. The third kappa shape index (κ3) is 2.46. The Labute approximate surface area is 106 Å². The van der Waals surface area contributed by atoms with Crippen molar-refractivity contribution in [2.45, 2.75) is 18.4 Å². The highest BCUT2D eigenvalue weighted by molar-refractivity contribution is 5.88. The van der Waals surface area contributed by atoms with Gasteiger partial charge in [0.2, 0.25) is 5.91 Å². The van der Waals surface area contributed by atoms with E-state index in [1.165, 1.54) is 6.07 Å². The van der Waals surface area contributed by atoms with Crippen LogP contribution >= 0.6 is 0 Å². The first-order chi connectivity index (χ1) is 8.53. The van der Waals surface area contributed by atoms with E-state index in [1.807, 2.05) is 11.9 Å². The minimum Gasteiger partial charge on any atom is -0.368 e. The van der Waals surface area contributed by atoms with Crippen molar-refractivity contribution >= 4 is 11.6 Å². The molecule has 0 spiro atoms. The molecule has 3 N–H and O–H groups in total. The maximum atomic E-state index is 13.6. The summed E-state index contributed by atoms with van der Waals surface area (Å²) >= 11 is 0. The lowest BCUT2D eigenvalue weighted by molar-refractivity contribution is -0.123. The van der Waals surface area contributed by atoms with E-state index in [2.05, 4.69) is 5.32 Å². The first kappa shape index (κ1) is 12.8. The summed E-state index contributed by atoms with van der Waals surface area (Å²) < 4.78 is 13.6. The molecule has 1 aromatic carbocycles. The molecule has 1 aliphatic rings. The van der Waals surface area contributed by atoms with Gasteiger partial charge in [-0.1, -0.05) is 12.1 Å². The van der Waals surface area contributed by atoms with Crippen LogP contribution < -0.4 is 11.1 Å². The number of nitrogens with two attached hydrogens (primary N) is 1. The third-order valence-electron chi connectivity index (χ3n) is 3.40. The van der Waals surface area contributed by atoms with Crippen LogP contribution in [-0.4, -0.2) is 36.5 Å². The molecule has 1 atom stereocenters. The summed E-state index contributed by atoms with van der Waals surface area (Å²) in [5, 5.41) is 3.00. The molecule has 0 bridgehead atoms. The minimum absolute atomic E-state index is 0.326. The lowest BCUT2D eigenvalue weighted by Crippen LogP contribution is -2.59. The number of piperidine rings is 1. The van der Waals surface area contributed by atoms with Gasteiger partial charge in [-0.05, 0) is 38.6 Å². The number of para-hydroxylation sites is 1. The average molecular weight is 251 g/mol. The smallest absolute Gasteiger partial charge is 0.244 e. The van der Waals surface area contributed by atoms with Crippen molar-refractivity contribution in [3.05, 3.63) is 30.1 Å². The summed E-state index contributed by atoms with van der Waals surface area (Å²) in [5.41, 5.74) is 4.96. The Balaban J connectivity index is 2.26. The van der Waals surface area contributed by atoms with Gasteiger partial charge in [0, 0.05) is 6.54 Å². The van der Waals surface area contributed by atoms with Gasteiger partial charge in [0.25, 0.3) is 0 Å². The number of nitrogens with zero attached hydrogens (tertiary/aromatic N) is 1. The molecule has 0 aliphatic carbocycles. The molecule has 1 aliphatic heterocycles. The number of rotatable bonds is 3. The Morgan fingerprint density at radius 2 is 2.22 bits per heavy atom. The molecule has 0 saturated carbocycles. The average Bonchev–Trinajstić information content (AvgIpc) is 2.32. The van der Waals surface area contributed by atoms with Gasteiger partial charge in [0.05, 0.1) is 5.69 Å². The number of nitrogens with one attached hydrogen (secondary N) is 1. The second kappa shape index (κ2) is 4.94. The molecule has 1 saturated heterocycles. The van der Waals surface area contributed by atoms with Crippen LogP contribution in [0.1, 0.15) is 12.8 Å². The number of halogens is 1. The van der Waals surface area contributed by atoms with Crippen molar-refractivity contribution in [2.75, 3.05) is 25.5 Å². The van der Waals surface area contributed by atoms with E-state index in [0.29, 0.717) is 18.7 Å². The summed E-state index contributed by atoms with van der Waals surface area (Å²) in [7, 11) is 1.93. The number of likely N-dealkylation sites (N-methyl/N-ethyl adjacent to an activating group) is 1. The van der Waals surface area contributed by atoms with E-state index < -0.39 is 11.4 Å². The van der Waals surface area contributed by atoms with Gasteiger partial charge in [-0.3, -0.25) is 4.79 Å². The number of hydrogen-bond acceptors (Lipinski definition) is 3. The highest BCUT2D eigenvalue weighted by Gasteiger charge is 2.40. The fraction of sp³-hybridized carbons (Fsp3) is 0.462. The maximum absolute atomic E-state index is 13.6. The molecule has 5 heteroatoms. The Bertz CT molecular complexity index is 452. The number of carbonyl (C=O) groups is 1. The lowest BCUT2D eigenvalue weighted by Gasteiger charge is -2.40. The fourth-order valence-corrected chi connectivity index (χ4v) is 2.45. The molecule has 1 heterocycles. The third-order valence-corrected chi connectivity index (χ3v) is 3.40.